The molecule has 0 aliphatic carbocycles. The van der Waals surface area contributed by atoms with Crippen LogP contribution in [0.4, 0.5) is 0 Å². The first-order valence-electron chi connectivity index (χ1n) is 8.95. The monoisotopic (exact) mass is 358 g/mol. The van der Waals surface area contributed by atoms with Crippen LogP contribution in [0.3, 0.4) is 0 Å². The topological polar surface area (TPSA) is 74.5 Å². The van der Waals surface area contributed by atoms with Gasteiger partial charge in [0.25, 0.3) is 0 Å². The Labute approximate surface area is 149 Å². The molecule has 25 heavy (non-hydrogen) atoms. The van der Waals surface area contributed by atoms with Crippen molar-refractivity contribution in [2.24, 2.45) is 5.41 Å². The molecule has 0 radical (unpaired) electrons. The van der Waals surface area contributed by atoms with Crippen LogP contribution in [0.25, 0.3) is 0 Å². The van der Waals surface area contributed by atoms with Gasteiger partial charge in [0.05, 0.1) is 78.1 Å². The van der Waals surface area contributed by atoms with Crippen molar-refractivity contribution in [1.29, 1.82) is 0 Å². The second kappa shape index (κ2) is 9.41. The molecule has 0 N–H and O–H groups in total. The molecule has 0 saturated carbocycles. The van der Waals surface area contributed by atoms with Crippen LogP contribution in [0, 0.1) is 5.41 Å². The van der Waals surface area contributed by atoms with Crippen molar-refractivity contribution < 1.29 is 33.2 Å². The number of hydrogen-bond acceptors (Lipinski definition) is 7. The average molecular weight is 358 g/mol. The van der Waals surface area contributed by atoms with Gasteiger partial charge in [0.1, 0.15) is 18.3 Å². The molecule has 3 saturated heterocycles. The SMILES string of the molecule is C=C(C)COCC(COCC1CO1)(COCC1CO1)COCC1CO1. The van der Waals surface area contributed by atoms with E-state index in [1.807, 2.05) is 6.92 Å². The molecule has 144 valence electrons. The summed E-state index contributed by atoms with van der Waals surface area (Å²) in [7, 11) is 0. The molecular weight excluding hydrogens is 328 g/mol. The van der Waals surface area contributed by atoms with E-state index in [1.54, 1.807) is 0 Å². The van der Waals surface area contributed by atoms with Crippen LogP contribution < -0.4 is 0 Å². The van der Waals surface area contributed by atoms with Crippen LogP contribution in [0.15, 0.2) is 12.2 Å². The maximum absolute atomic E-state index is 5.88. The first-order chi connectivity index (χ1) is 12.2. The van der Waals surface area contributed by atoms with Gasteiger partial charge >= 0.3 is 0 Å². The summed E-state index contributed by atoms with van der Waals surface area (Å²) >= 11 is 0. The summed E-state index contributed by atoms with van der Waals surface area (Å²) in [6.07, 6.45) is 0.696. The summed E-state index contributed by atoms with van der Waals surface area (Å²) in [5.41, 5.74) is 0.620. The minimum absolute atomic E-state index is 0.232. The number of hydrogen-bond donors (Lipinski definition) is 0. The van der Waals surface area contributed by atoms with E-state index in [9.17, 15) is 0 Å². The molecule has 3 heterocycles. The van der Waals surface area contributed by atoms with Gasteiger partial charge in [0.2, 0.25) is 0 Å². The molecule has 3 atom stereocenters. The Morgan fingerprint density at radius 3 is 1.48 bits per heavy atom. The fraction of sp³-hybridized carbons (Fsp3) is 0.889. The van der Waals surface area contributed by atoms with Crippen molar-refractivity contribution in [2.45, 2.75) is 25.2 Å². The number of rotatable bonds is 16. The molecule has 3 aliphatic heterocycles. The lowest BCUT2D eigenvalue weighted by atomic mass is 9.92. The molecule has 0 amide bonds. The largest absolute Gasteiger partial charge is 0.378 e. The Hall–Kier alpha value is -0.540. The molecule has 3 unspecified atom stereocenters. The molecule has 0 bridgehead atoms. The van der Waals surface area contributed by atoms with Crippen LogP contribution in [0.2, 0.25) is 0 Å². The maximum Gasteiger partial charge on any atom is 0.104 e. The van der Waals surface area contributed by atoms with E-state index in [-0.39, 0.29) is 23.7 Å². The standard InChI is InChI=1S/C18H30O7/c1-14(2)3-19-10-18(11-20-4-15-7-23-15,12-21-5-16-8-24-16)13-22-6-17-9-25-17/h15-17H,1,3-13H2,2H3. The van der Waals surface area contributed by atoms with Crippen molar-refractivity contribution in [1.82, 2.24) is 0 Å². The molecule has 3 rings (SSSR count). The predicted octanol–water partition coefficient (Wildman–Crippen LogP) is 0.812. The fourth-order valence-electron chi connectivity index (χ4n) is 2.41. The zero-order chi connectivity index (χ0) is 17.5. The smallest absolute Gasteiger partial charge is 0.104 e. The third-order valence-corrected chi connectivity index (χ3v) is 4.10. The first-order valence-corrected chi connectivity index (χ1v) is 8.95. The third kappa shape index (κ3) is 8.13. The Morgan fingerprint density at radius 1 is 0.800 bits per heavy atom. The molecule has 0 aromatic rings. The summed E-state index contributed by atoms with van der Waals surface area (Å²) in [5.74, 6) is 0. The first kappa shape index (κ1) is 19.2. The van der Waals surface area contributed by atoms with Crippen molar-refractivity contribution in [3.05, 3.63) is 12.2 Å². The predicted molar refractivity (Wildman–Crippen MR) is 89.7 cm³/mol. The average Bonchev–Trinajstić information content (AvgIpc) is 3.42. The lowest BCUT2D eigenvalue weighted by Crippen LogP contribution is -2.42. The van der Waals surface area contributed by atoms with E-state index >= 15 is 0 Å². The summed E-state index contributed by atoms with van der Waals surface area (Å²) in [6, 6.07) is 0. The van der Waals surface area contributed by atoms with Gasteiger partial charge in [-0.25, -0.2) is 0 Å². The quantitative estimate of drug-likeness (QED) is 0.299. The van der Waals surface area contributed by atoms with Crippen LogP contribution in [-0.2, 0) is 33.2 Å². The van der Waals surface area contributed by atoms with Gasteiger partial charge in [-0.05, 0) is 6.92 Å². The Morgan fingerprint density at radius 2 is 1.16 bits per heavy atom. The normalized spacial score (nSPS) is 29.2. The summed E-state index contributed by atoms with van der Waals surface area (Å²) in [6.45, 7) is 12.5. The maximum atomic E-state index is 5.88. The van der Waals surface area contributed by atoms with Crippen LogP contribution in [0.1, 0.15) is 6.92 Å². The lowest BCUT2D eigenvalue weighted by molar-refractivity contribution is -0.107. The van der Waals surface area contributed by atoms with Crippen molar-refractivity contribution in [3.63, 3.8) is 0 Å². The Kier molecular flexibility index (Phi) is 7.24. The van der Waals surface area contributed by atoms with E-state index in [0.717, 1.165) is 25.4 Å². The van der Waals surface area contributed by atoms with Gasteiger partial charge in [-0.3, -0.25) is 0 Å². The van der Waals surface area contributed by atoms with Gasteiger partial charge in [0.15, 0.2) is 0 Å². The molecule has 0 spiro atoms. The van der Waals surface area contributed by atoms with E-state index < -0.39 is 0 Å². The Balaban J connectivity index is 1.50. The second-order valence-electron chi connectivity index (χ2n) is 7.36. The molecule has 0 aromatic carbocycles. The van der Waals surface area contributed by atoms with Crippen molar-refractivity contribution in [3.8, 4) is 0 Å². The van der Waals surface area contributed by atoms with Gasteiger partial charge in [0, 0.05) is 0 Å². The molecule has 7 nitrogen and oxygen atoms in total. The highest BCUT2D eigenvalue weighted by molar-refractivity contribution is 4.89. The zero-order valence-corrected chi connectivity index (χ0v) is 15.1. The van der Waals surface area contributed by atoms with E-state index in [4.69, 9.17) is 33.2 Å². The lowest BCUT2D eigenvalue weighted by Gasteiger charge is -2.33. The van der Waals surface area contributed by atoms with Gasteiger partial charge in [-0.15, -0.1) is 0 Å². The third-order valence-electron chi connectivity index (χ3n) is 4.10. The highest BCUT2D eigenvalue weighted by Crippen LogP contribution is 2.24. The minimum atomic E-state index is -0.367. The molecule has 3 fully saturated rings. The summed E-state index contributed by atoms with van der Waals surface area (Å²) in [5, 5.41) is 0. The van der Waals surface area contributed by atoms with Crippen LogP contribution >= 0.6 is 0 Å². The molecule has 7 heteroatoms. The fourth-order valence-corrected chi connectivity index (χ4v) is 2.41. The molecule has 3 aliphatic rings. The highest BCUT2D eigenvalue weighted by Gasteiger charge is 2.36. The van der Waals surface area contributed by atoms with E-state index in [0.29, 0.717) is 52.9 Å². The Bertz CT molecular complexity index is 370. The molecular formula is C18H30O7. The van der Waals surface area contributed by atoms with E-state index in [1.165, 1.54) is 0 Å². The zero-order valence-electron chi connectivity index (χ0n) is 15.1. The minimum Gasteiger partial charge on any atom is -0.378 e. The van der Waals surface area contributed by atoms with Crippen molar-refractivity contribution in [2.75, 3.05) is 72.7 Å². The van der Waals surface area contributed by atoms with Gasteiger partial charge in [-0.2, -0.15) is 0 Å². The number of ether oxygens (including phenoxy) is 7. The second-order valence-corrected chi connectivity index (χ2v) is 7.36. The highest BCUT2D eigenvalue weighted by atomic mass is 16.6. The van der Waals surface area contributed by atoms with E-state index in [2.05, 4.69) is 6.58 Å². The van der Waals surface area contributed by atoms with Gasteiger partial charge < -0.3 is 33.2 Å². The van der Waals surface area contributed by atoms with Crippen molar-refractivity contribution >= 4 is 0 Å². The summed E-state index contributed by atoms with van der Waals surface area (Å²) in [4.78, 5) is 0. The van der Waals surface area contributed by atoms with Crippen LogP contribution in [-0.4, -0.2) is 91.0 Å². The number of epoxide rings is 3. The molecule has 0 aromatic heterocycles. The van der Waals surface area contributed by atoms with Gasteiger partial charge in [-0.1, -0.05) is 12.2 Å². The van der Waals surface area contributed by atoms with Crippen LogP contribution in [0.5, 0.6) is 0 Å². The summed E-state index contributed by atoms with van der Waals surface area (Å²) < 4.78 is 39.1.